The average Bonchev–Trinajstić information content (AvgIpc) is 3.04. The number of hydrogen-bond donors (Lipinski definition) is 0. The summed E-state index contributed by atoms with van der Waals surface area (Å²) in [5, 5.41) is 1.27. The molecular formula is C19H26N2O2. The minimum absolute atomic E-state index is 0.151. The molecule has 2 heterocycles. The molecule has 1 aromatic heterocycles. The second-order valence-corrected chi connectivity index (χ2v) is 7.51. The fraction of sp³-hybridized carbons (Fsp3) is 0.526. The molecule has 0 bridgehead atoms. The molecule has 0 saturated heterocycles. The third-order valence-corrected chi connectivity index (χ3v) is 4.89. The summed E-state index contributed by atoms with van der Waals surface area (Å²) < 4.78 is 6.93. The lowest BCUT2D eigenvalue weighted by atomic mass is 10.0. The van der Waals surface area contributed by atoms with Crippen LogP contribution in [0, 0.1) is 0 Å². The fourth-order valence-corrected chi connectivity index (χ4v) is 3.37. The SMILES string of the molecule is COC(=O)CCc1cn(C)c2cc3c(cc12)CN(C(C)(C)C)C3. The molecule has 23 heavy (non-hydrogen) atoms. The van der Waals surface area contributed by atoms with E-state index >= 15 is 0 Å². The van der Waals surface area contributed by atoms with Gasteiger partial charge in [0.2, 0.25) is 0 Å². The van der Waals surface area contributed by atoms with Gasteiger partial charge in [-0.25, -0.2) is 0 Å². The Kier molecular flexibility index (Phi) is 3.96. The second-order valence-electron chi connectivity index (χ2n) is 7.51. The van der Waals surface area contributed by atoms with Gasteiger partial charge in [-0.15, -0.1) is 0 Å². The zero-order valence-electron chi connectivity index (χ0n) is 14.8. The van der Waals surface area contributed by atoms with E-state index in [0.29, 0.717) is 6.42 Å². The highest BCUT2D eigenvalue weighted by Gasteiger charge is 2.28. The smallest absolute Gasteiger partial charge is 0.305 e. The first-order valence-corrected chi connectivity index (χ1v) is 8.21. The summed E-state index contributed by atoms with van der Waals surface area (Å²) in [6, 6.07) is 4.64. The highest BCUT2D eigenvalue weighted by atomic mass is 16.5. The Morgan fingerprint density at radius 1 is 1.22 bits per heavy atom. The maximum atomic E-state index is 11.4. The summed E-state index contributed by atoms with van der Waals surface area (Å²) in [4.78, 5) is 13.9. The van der Waals surface area contributed by atoms with Crippen LogP contribution in [-0.2, 0) is 36.1 Å². The molecule has 3 rings (SSSR count). The van der Waals surface area contributed by atoms with Crippen molar-refractivity contribution in [2.24, 2.45) is 7.05 Å². The molecule has 1 aliphatic heterocycles. The van der Waals surface area contributed by atoms with E-state index < -0.39 is 0 Å². The van der Waals surface area contributed by atoms with Crippen LogP contribution in [0.2, 0.25) is 0 Å². The van der Waals surface area contributed by atoms with Crippen LogP contribution in [-0.4, -0.2) is 28.1 Å². The Balaban J connectivity index is 1.94. The predicted octanol–water partition coefficient (Wildman–Crippen LogP) is 3.40. The molecule has 0 N–H and O–H groups in total. The number of esters is 1. The molecule has 1 aliphatic rings. The van der Waals surface area contributed by atoms with Crippen LogP contribution >= 0.6 is 0 Å². The van der Waals surface area contributed by atoms with E-state index in [2.05, 4.69) is 55.6 Å². The van der Waals surface area contributed by atoms with Crippen LogP contribution in [0.25, 0.3) is 10.9 Å². The van der Waals surface area contributed by atoms with E-state index in [1.165, 1.54) is 34.7 Å². The molecule has 0 fully saturated rings. The second kappa shape index (κ2) is 5.68. The zero-order valence-corrected chi connectivity index (χ0v) is 14.8. The lowest BCUT2D eigenvalue weighted by Gasteiger charge is -2.31. The maximum Gasteiger partial charge on any atom is 0.305 e. The van der Waals surface area contributed by atoms with Crippen LogP contribution in [0.15, 0.2) is 18.3 Å². The summed E-state index contributed by atoms with van der Waals surface area (Å²) in [7, 11) is 3.52. The molecule has 0 atom stereocenters. The van der Waals surface area contributed by atoms with Crippen molar-refractivity contribution in [3.05, 3.63) is 35.0 Å². The van der Waals surface area contributed by atoms with Gasteiger partial charge in [-0.3, -0.25) is 9.69 Å². The molecule has 124 valence electrons. The Morgan fingerprint density at radius 3 is 2.48 bits per heavy atom. The number of ether oxygens (including phenoxy) is 1. The number of aryl methyl sites for hydroxylation is 2. The quantitative estimate of drug-likeness (QED) is 0.814. The van der Waals surface area contributed by atoms with E-state index in [-0.39, 0.29) is 11.5 Å². The van der Waals surface area contributed by atoms with E-state index in [9.17, 15) is 4.79 Å². The number of benzene rings is 1. The number of nitrogens with zero attached hydrogens (tertiary/aromatic N) is 2. The normalized spacial score (nSPS) is 15.2. The minimum atomic E-state index is -0.151. The lowest BCUT2D eigenvalue weighted by Crippen LogP contribution is -2.36. The first-order valence-electron chi connectivity index (χ1n) is 8.21. The molecule has 2 aromatic rings. The predicted molar refractivity (Wildman–Crippen MR) is 92.3 cm³/mol. The number of fused-ring (bicyclic) bond motifs is 2. The van der Waals surface area contributed by atoms with Gasteiger partial charge >= 0.3 is 5.97 Å². The summed E-state index contributed by atoms with van der Waals surface area (Å²) in [5.74, 6) is -0.151. The summed E-state index contributed by atoms with van der Waals surface area (Å²) in [6.45, 7) is 8.80. The van der Waals surface area contributed by atoms with Crippen molar-refractivity contribution in [1.29, 1.82) is 0 Å². The Hall–Kier alpha value is -1.81. The summed E-state index contributed by atoms with van der Waals surface area (Å²) in [5.41, 5.74) is 5.49. The molecule has 0 saturated carbocycles. The van der Waals surface area contributed by atoms with Crippen LogP contribution in [0.3, 0.4) is 0 Å². The van der Waals surface area contributed by atoms with Crippen molar-refractivity contribution in [3.8, 4) is 0 Å². The van der Waals surface area contributed by atoms with Gasteiger partial charge in [0.15, 0.2) is 0 Å². The number of rotatable bonds is 3. The Labute approximate surface area is 138 Å². The van der Waals surface area contributed by atoms with Crippen molar-refractivity contribution in [1.82, 2.24) is 9.47 Å². The van der Waals surface area contributed by atoms with Crippen LogP contribution < -0.4 is 0 Å². The number of carbonyl (C=O) groups excluding carboxylic acids is 1. The van der Waals surface area contributed by atoms with E-state index in [4.69, 9.17) is 4.74 Å². The number of methoxy groups -OCH3 is 1. The van der Waals surface area contributed by atoms with Gasteiger partial charge in [-0.2, -0.15) is 0 Å². The molecule has 0 amide bonds. The molecule has 0 radical (unpaired) electrons. The van der Waals surface area contributed by atoms with Crippen LogP contribution in [0.1, 0.15) is 43.9 Å². The van der Waals surface area contributed by atoms with E-state index in [0.717, 1.165) is 19.5 Å². The van der Waals surface area contributed by atoms with Crippen molar-refractivity contribution in [2.75, 3.05) is 7.11 Å². The van der Waals surface area contributed by atoms with Gasteiger partial charge in [0, 0.05) is 49.2 Å². The number of hydrogen-bond acceptors (Lipinski definition) is 3. The van der Waals surface area contributed by atoms with Gasteiger partial charge in [0.05, 0.1) is 7.11 Å². The van der Waals surface area contributed by atoms with E-state index in [1.807, 2.05) is 0 Å². The van der Waals surface area contributed by atoms with Gasteiger partial charge in [-0.1, -0.05) is 0 Å². The van der Waals surface area contributed by atoms with Gasteiger partial charge in [0.25, 0.3) is 0 Å². The first-order chi connectivity index (χ1) is 10.8. The van der Waals surface area contributed by atoms with Gasteiger partial charge in [-0.05, 0) is 56.0 Å². The van der Waals surface area contributed by atoms with E-state index in [1.54, 1.807) is 0 Å². The molecule has 0 spiro atoms. The van der Waals surface area contributed by atoms with Crippen molar-refractivity contribution < 1.29 is 9.53 Å². The Bertz CT molecular complexity index is 753. The third kappa shape index (κ3) is 3.00. The van der Waals surface area contributed by atoms with Crippen molar-refractivity contribution in [2.45, 2.75) is 52.2 Å². The van der Waals surface area contributed by atoms with Crippen LogP contribution in [0.4, 0.5) is 0 Å². The first kappa shape index (κ1) is 16.1. The largest absolute Gasteiger partial charge is 0.469 e. The topological polar surface area (TPSA) is 34.5 Å². The minimum Gasteiger partial charge on any atom is -0.469 e. The van der Waals surface area contributed by atoms with Crippen LogP contribution in [0.5, 0.6) is 0 Å². The number of carbonyl (C=O) groups is 1. The molecule has 4 nitrogen and oxygen atoms in total. The van der Waals surface area contributed by atoms with Crippen molar-refractivity contribution in [3.63, 3.8) is 0 Å². The molecule has 1 aromatic carbocycles. The zero-order chi connectivity index (χ0) is 16.8. The third-order valence-electron chi connectivity index (χ3n) is 4.89. The molecule has 0 aliphatic carbocycles. The van der Waals surface area contributed by atoms with Gasteiger partial charge in [0.1, 0.15) is 0 Å². The monoisotopic (exact) mass is 314 g/mol. The highest BCUT2D eigenvalue weighted by Crippen LogP contribution is 2.33. The standard InChI is InChI=1S/C19H26N2O2/c1-19(2,3)21-11-14-8-16-13(6-7-18(22)23-5)10-20(4)17(16)9-15(14)12-21/h8-10H,6-7,11-12H2,1-5H3. The molecule has 4 heteroatoms. The maximum absolute atomic E-state index is 11.4. The fourth-order valence-electron chi connectivity index (χ4n) is 3.37. The summed E-state index contributed by atoms with van der Waals surface area (Å²) >= 11 is 0. The van der Waals surface area contributed by atoms with Gasteiger partial charge < -0.3 is 9.30 Å². The lowest BCUT2D eigenvalue weighted by molar-refractivity contribution is -0.140. The Morgan fingerprint density at radius 2 is 1.87 bits per heavy atom. The average molecular weight is 314 g/mol. The van der Waals surface area contributed by atoms with Crippen molar-refractivity contribution >= 4 is 16.9 Å². The highest BCUT2D eigenvalue weighted by molar-refractivity contribution is 5.86. The molecule has 0 unspecified atom stereocenters. The summed E-state index contributed by atoms with van der Waals surface area (Å²) in [6.07, 6.45) is 3.30. The number of aromatic nitrogens is 1. The molecular weight excluding hydrogens is 288 g/mol.